The number of rotatable bonds is 6. The van der Waals surface area contributed by atoms with Gasteiger partial charge in [-0.3, -0.25) is 9.80 Å². The van der Waals surface area contributed by atoms with E-state index in [2.05, 4.69) is 50.0 Å². The van der Waals surface area contributed by atoms with Gasteiger partial charge in [-0.1, -0.05) is 23.4 Å². The fourth-order valence-corrected chi connectivity index (χ4v) is 5.23. The molecule has 32 heavy (non-hydrogen) atoms. The molecule has 0 aliphatic carbocycles. The largest absolute Gasteiger partial charge is 0.477 e. The summed E-state index contributed by atoms with van der Waals surface area (Å²) >= 11 is 0. The molecule has 7 heteroatoms. The van der Waals surface area contributed by atoms with E-state index in [9.17, 15) is 0 Å². The second-order valence-electron chi connectivity index (χ2n) is 9.63. The molecular formula is C25H31N5O2. The van der Waals surface area contributed by atoms with Gasteiger partial charge in [0.1, 0.15) is 0 Å². The van der Waals surface area contributed by atoms with Crippen molar-refractivity contribution in [1.82, 2.24) is 19.9 Å². The highest BCUT2D eigenvalue weighted by Crippen LogP contribution is 2.31. The molecule has 3 aliphatic heterocycles. The van der Waals surface area contributed by atoms with Crippen LogP contribution in [0.1, 0.15) is 25.3 Å². The summed E-state index contributed by atoms with van der Waals surface area (Å²) in [5.74, 6) is 2.30. The number of aromatic nitrogens is 2. The molecular weight excluding hydrogens is 402 g/mol. The highest BCUT2D eigenvalue weighted by molar-refractivity contribution is 5.88. The number of nitrogens with zero attached hydrogens (tertiary/aromatic N) is 5. The summed E-state index contributed by atoms with van der Waals surface area (Å²) in [6.07, 6.45) is 4.35. The molecule has 0 saturated carbocycles. The fourth-order valence-electron chi connectivity index (χ4n) is 5.23. The molecule has 1 aromatic carbocycles. The lowest BCUT2D eigenvalue weighted by molar-refractivity contribution is 0.0717. The van der Waals surface area contributed by atoms with Crippen LogP contribution in [0.4, 0.5) is 5.82 Å². The van der Waals surface area contributed by atoms with E-state index >= 15 is 0 Å². The van der Waals surface area contributed by atoms with Crippen LogP contribution in [-0.4, -0.2) is 71.4 Å². The minimum atomic E-state index is 0.561. The van der Waals surface area contributed by atoms with Crippen molar-refractivity contribution >= 4 is 16.8 Å². The van der Waals surface area contributed by atoms with Crippen molar-refractivity contribution in [1.29, 1.82) is 0 Å². The maximum absolute atomic E-state index is 6.07. The number of fused-ring (bicyclic) bond motifs is 2. The van der Waals surface area contributed by atoms with Crippen molar-refractivity contribution in [2.24, 2.45) is 5.92 Å². The fraction of sp³-hybridized carbons (Fsp3) is 0.520. The van der Waals surface area contributed by atoms with Crippen molar-refractivity contribution in [2.45, 2.75) is 38.4 Å². The van der Waals surface area contributed by atoms with E-state index in [4.69, 9.17) is 9.26 Å². The molecule has 2 aromatic heterocycles. The molecule has 4 atom stereocenters. The number of piperidine rings is 1. The number of hydrogen-bond acceptors (Lipinski definition) is 7. The van der Waals surface area contributed by atoms with Crippen molar-refractivity contribution in [3.63, 3.8) is 0 Å². The molecule has 7 nitrogen and oxygen atoms in total. The predicted octanol–water partition coefficient (Wildman–Crippen LogP) is 3.41. The molecule has 0 radical (unpaired) electrons. The van der Waals surface area contributed by atoms with E-state index in [1.807, 2.05) is 24.4 Å². The molecule has 2 unspecified atom stereocenters. The summed E-state index contributed by atoms with van der Waals surface area (Å²) in [6.45, 7) is 9.36. The Labute approximate surface area is 188 Å². The maximum atomic E-state index is 6.07. The number of pyridine rings is 1. The van der Waals surface area contributed by atoms with Crippen LogP contribution in [0.25, 0.3) is 11.0 Å². The average Bonchev–Trinajstić information content (AvgIpc) is 3.35. The second kappa shape index (κ2) is 8.37. The van der Waals surface area contributed by atoms with Crippen LogP contribution in [0.5, 0.6) is 5.88 Å². The summed E-state index contributed by atoms with van der Waals surface area (Å²) in [5.41, 5.74) is 2.13. The van der Waals surface area contributed by atoms with Gasteiger partial charge in [-0.05, 0) is 37.5 Å². The van der Waals surface area contributed by atoms with E-state index in [1.165, 1.54) is 24.9 Å². The summed E-state index contributed by atoms with van der Waals surface area (Å²) in [4.78, 5) is 12.0. The van der Waals surface area contributed by atoms with Gasteiger partial charge < -0.3 is 14.2 Å². The predicted molar refractivity (Wildman–Crippen MR) is 124 cm³/mol. The third-order valence-electron chi connectivity index (χ3n) is 7.30. The molecule has 5 heterocycles. The Balaban J connectivity index is 1.01. The van der Waals surface area contributed by atoms with Crippen molar-refractivity contribution in [2.75, 3.05) is 44.2 Å². The molecule has 0 amide bonds. The topological polar surface area (TPSA) is 57.6 Å². The van der Waals surface area contributed by atoms with Crippen LogP contribution >= 0.6 is 0 Å². The molecule has 6 rings (SSSR count). The minimum Gasteiger partial charge on any atom is -0.477 e. The van der Waals surface area contributed by atoms with Crippen LogP contribution in [0.2, 0.25) is 0 Å². The third-order valence-corrected chi connectivity index (χ3v) is 7.30. The molecule has 3 saturated heterocycles. The van der Waals surface area contributed by atoms with Crippen molar-refractivity contribution in [3.8, 4) is 5.88 Å². The average molecular weight is 434 g/mol. The monoisotopic (exact) mass is 433 g/mol. The van der Waals surface area contributed by atoms with Crippen LogP contribution < -0.4 is 9.64 Å². The zero-order chi connectivity index (χ0) is 21.5. The highest BCUT2D eigenvalue weighted by Gasteiger charge is 2.34. The highest BCUT2D eigenvalue weighted by atomic mass is 16.5. The van der Waals surface area contributed by atoms with Crippen LogP contribution in [0.3, 0.4) is 0 Å². The van der Waals surface area contributed by atoms with Gasteiger partial charge in [0.15, 0.2) is 11.4 Å². The van der Waals surface area contributed by atoms with Crippen molar-refractivity contribution in [3.05, 3.63) is 48.2 Å². The zero-order valence-electron chi connectivity index (χ0n) is 18.7. The Morgan fingerprint density at radius 3 is 2.81 bits per heavy atom. The minimum absolute atomic E-state index is 0.561. The summed E-state index contributed by atoms with van der Waals surface area (Å²) in [7, 11) is 0. The normalized spacial score (nSPS) is 28.0. The molecule has 0 bridgehead atoms. The Morgan fingerprint density at radius 2 is 1.97 bits per heavy atom. The van der Waals surface area contributed by atoms with E-state index in [0.29, 0.717) is 12.0 Å². The molecule has 3 fully saturated rings. The number of para-hydroxylation sites is 1. The Kier molecular flexibility index (Phi) is 5.23. The van der Waals surface area contributed by atoms with Gasteiger partial charge >= 0.3 is 0 Å². The van der Waals surface area contributed by atoms with Gasteiger partial charge in [0.2, 0.25) is 5.88 Å². The Morgan fingerprint density at radius 1 is 1.06 bits per heavy atom. The van der Waals surface area contributed by atoms with E-state index in [1.54, 1.807) is 0 Å². The number of piperazine rings is 1. The standard InChI is InChI=1S/C25H31N5O2/c1-18-13-30(18)14-19-7-9-24(26-12-19)31-17-20-6-8-21-16-29(11-10-28(21)15-20)25-22-4-2-3-5-23(22)32-27-25/h2-5,7,9,12,18,20-21H,6,8,10-11,13-17H2,1H3/t18?,20-,21-,30?/m0/s1. The maximum Gasteiger partial charge on any atom is 0.213 e. The zero-order valence-corrected chi connectivity index (χ0v) is 18.7. The van der Waals surface area contributed by atoms with Gasteiger partial charge in [0.25, 0.3) is 0 Å². The number of hydrogen-bond donors (Lipinski definition) is 0. The number of ether oxygens (including phenoxy) is 1. The first-order chi connectivity index (χ1) is 15.7. The smallest absolute Gasteiger partial charge is 0.213 e. The van der Waals surface area contributed by atoms with Crippen molar-refractivity contribution < 1.29 is 9.26 Å². The van der Waals surface area contributed by atoms with E-state index in [0.717, 1.165) is 68.0 Å². The molecule has 3 aromatic rings. The van der Waals surface area contributed by atoms with Crippen LogP contribution in [0, 0.1) is 5.92 Å². The lowest BCUT2D eigenvalue weighted by atomic mass is 9.91. The Hall–Kier alpha value is -2.64. The van der Waals surface area contributed by atoms with Crippen LogP contribution in [-0.2, 0) is 6.54 Å². The van der Waals surface area contributed by atoms with Gasteiger partial charge in [-0.15, -0.1) is 0 Å². The quantitative estimate of drug-likeness (QED) is 0.552. The third kappa shape index (κ3) is 4.07. The first-order valence-electron chi connectivity index (χ1n) is 11.9. The van der Waals surface area contributed by atoms with Crippen LogP contribution in [0.15, 0.2) is 47.1 Å². The Bertz CT molecular complexity index is 1070. The number of benzene rings is 1. The van der Waals surface area contributed by atoms with Gasteiger partial charge in [-0.25, -0.2) is 4.98 Å². The first kappa shape index (κ1) is 20.0. The second-order valence-corrected chi connectivity index (χ2v) is 9.63. The first-order valence-corrected chi connectivity index (χ1v) is 11.9. The molecule has 0 spiro atoms. The van der Waals surface area contributed by atoms with Gasteiger partial charge in [0, 0.05) is 69.5 Å². The van der Waals surface area contributed by atoms with E-state index < -0.39 is 0 Å². The lowest BCUT2D eigenvalue weighted by Gasteiger charge is -2.46. The lowest BCUT2D eigenvalue weighted by Crippen LogP contribution is -2.57. The SMILES string of the molecule is CC1CN1Cc1ccc(OC[C@H]2CC[C@H]3CN(c4noc5ccccc45)CCN3C2)nc1. The summed E-state index contributed by atoms with van der Waals surface area (Å²) in [6, 6.07) is 13.6. The van der Waals surface area contributed by atoms with E-state index in [-0.39, 0.29) is 0 Å². The van der Waals surface area contributed by atoms with Gasteiger partial charge in [0.05, 0.1) is 12.0 Å². The summed E-state index contributed by atoms with van der Waals surface area (Å²) in [5, 5.41) is 5.48. The number of anilines is 1. The molecule has 3 aliphatic rings. The molecule has 0 N–H and O–H groups in total. The summed E-state index contributed by atoms with van der Waals surface area (Å²) < 4.78 is 11.6. The van der Waals surface area contributed by atoms with Gasteiger partial charge in [-0.2, -0.15) is 0 Å². The molecule has 168 valence electrons.